The molecule has 0 heterocycles. The van der Waals surface area contributed by atoms with E-state index in [1.807, 2.05) is 42.5 Å². The molecule has 0 saturated heterocycles. The second-order valence-corrected chi connectivity index (χ2v) is 5.58. The number of para-hydroxylation sites is 1. The van der Waals surface area contributed by atoms with Crippen molar-refractivity contribution in [2.24, 2.45) is 0 Å². The van der Waals surface area contributed by atoms with Gasteiger partial charge in [0, 0.05) is 23.6 Å². The summed E-state index contributed by atoms with van der Waals surface area (Å²) in [5.41, 5.74) is 1.87. The Kier molecular flexibility index (Phi) is 3.14. The zero-order valence-electron chi connectivity index (χ0n) is 10.8. The molecule has 0 aliphatic heterocycles. The monoisotopic (exact) mass is 287 g/mol. The van der Waals surface area contributed by atoms with Gasteiger partial charge in [-0.3, -0.25) is 0 Å². The van der Waals surface area contributed by atoms with Crippen molar-refractivity contribution in [1.82, 2.24) is 0 Å². The second-order valence-electron chi connectivity index (χ2n) is 5.14. The van der Waals surface area contributed by atoms with Crippen LogP contribution in [0.5, 0.6) is 0 Å². The maximum Gasteiger partial charge on any atom is 0.330 e. The van der Waals surface area contributed by atoms with E-state index in [0.29, 0.717) is 17.9 Å². The summed E-state index contributed by atoms with van der Waals surface area (Å²) in [5, 5.41) is 13.5. The molecule has 0 radical (unpaired) electrons. The van der Waals surface area contributed by atoms with Gasteiger partial charge in [-0.2, -0.15) is 0 Å². The first-order valence-corrected chi connectivity index (χ1v) is 6.81. The first-order valence-electron chi connectivity index (χ1n) is 6.43. The summed E-state index contributed by atoms with van der Waals surface area (Å²) < 4.78 is 0. The van der Waals surface area contributed by atoms with Crippen molar-refractivity contribution in [3.05, 3.63) is 64.7 Å². The smallest absolute Gasteiger partial charge is 0.330 e. The molecule has 0 fully saturated rings. The molecular formula is C16H14ClNO2. The average Bonchev–Trinajstić information content (AvgIpc) is 2.78. The third-order valence-electron chi connectivity index (χ3n) is 3.72. The molecule has 20 heavy (non-hydrogen) atoms. The van der Waals surface area contributed by atoms with Crippen molar-refractivity contribution in [2.75, 3.05) is 5.32 Å². The van der Waals surface area contributed by atoms with Gasteiger partial charge < -0.3 is 10.4 Å². The van der Waals surface area contributed by atoms with Crippen molar-refractivity contribution in [1.29, 1.82) is 0 Å². The highest BCUT2D eigenvalue weighted by atomic mass is 35.5. The van der Waals surface area contributed by atoms with E-state index < -0.39 is 11.5 Å². The molecule has 0 bridgehead atoms. The van der Waals surface area contributed by atoms with E-state index in [1.54, 1.807) is 6.07 Å². The van der Waals surface area contributed by atoms with Gasteiger partial charge >= 0.3 is 5.97 Å². The summed E-state index contributed by atoms with van der Waals surface area (Å²) in [6.07, 6.45) is 0.900. The third kappa shape index (κ3) is 2.25. The minimum absolute atomic E-state index is 0.438. The maximum absolute atomic E-state index is 11.8. The number of carboxylic acid groups (broad SMARTS) is 1. The Balaban J connectivity index is 1.94. The second kappa shape index (κ2) is 4.84. The summed E-state index contributed by atoms with van der Waals surface area (Å²) in [7, 11) is 0. The average molecular weight is 288 g/mol. The summed E-state index contributed by atoms with van der Waals surface area (Å²) in [6.45, 7) is 0. The molecule has 3 nitrogen and oxygen atoms in total. The molecule has 1 unspecified atom stereocenters. The fraction of sp³-hybridized carbons (Fsp3) is 0.188. The first kappa shape index (κ1) is 13.0. The van der Waals surface area contributed by atoms with E-state index in [-0.39, 0.29) is 0 Å². The van der Waals surface area contributed by atoms with Crippen LogP contribution in [0.15, 0.2) is 48.5 Å². The lowest BCUT2D eigenvalue weighted by Crippen LogP contribution is -2.47. The van der Waals surface area contributed by atoms with Gasteiger partial charge in [-0.25, -0.2) is 4.79 Å². The van der Waals surface area contributed by atoms with Crippen LogP contribution in [-0.4, -0.2) is 16.6 Å². The molecule has 1 aliphatic carbocycles. The van der Waals surface area contributed by atoms with Gasteiger partial charge in [0.15, 0.2) is 0 Å². The molecule has 2 aromatic carbocycles. The van der Waals surface area contributed by atoms with Crippen molar-refractivity contribution in [3.8, 4) is 0 Å². The Bertz CT molecular complexity index is 657. The van der Waals surface area contributed by atoms with Crippen LogP contribution in [0.4, 0.5) is 5.69 Å². The maximum atomic E-state index is 11.8. The first-order chi connectivity index (χ1) is 9.59. The van der Waals surface area contributed by atoms with Gasteiger partial charge in [0.25, 0.3) is 0 Å². The molecule has 2 N–H and O–H groups in total. The molecule has 1 aliphatic rings. The molecule has 102 valence electrons. The lowest BCUT2D eigenvalue weighted by atomic mass is 9.95. The number of benzene rings is 2. The predicted octanol–water partition coefficient (Wildman–Crippen LogP) is 3.37. The Hall–Kier alpha value is -2.00. The van der Waals surface area contributed by atoms with E-state index in [9.17, 15) is 9.90 Å². The number of rotatable bonds is 3. The van der Waals surface area contributed by atoms with Crippen molar-refractivity contribution >= 4 is 23.3 Å². The van der Waals surface area contributed by atoms with E-state index in [0.717, 1.165) is 16.8 Å². The summed E-state index contributed by atoms with van der Waals surface area (Å²) in [5.74, 6) is -0.839. The predicted molar refractivity (Wildman–Crippen MR) is 79.3 cm³/mol. The van der Waals surface area contributed by atoms with Crippen LogP contribution >= 0.6 is 11.6 Å². The van der Waals surface area contributed by atoms with Gasteiger partial charge in [-0.1, -0.05) is 35.9 Å². The van der Waals surface area contributed by atoms with Crippen LogP contribution in [0.2, 0.25) is 5.02 Å². The number of hydrogen-bond acceptors (Lipinski definition) is 2. The Labute approximate surface area is 122 Å². The molecule has 2 aromatic rings. The highest BCUT2D eigenvalue weighted by molar-refractivity contribution is 6.30. The standard InChI is InChI=1S/C16H14ClNO2/c17-13-7-6-11-9-16(15(19)20,10-12(11)8-13)18-14-4-2-1-3-5-14/h1-8,18H,9-10H2,(H,19,20). The van der Waals surface area contributed by atoms with Crippen molar-refractivity contribution < 1.29 is 9.90 Å². The number of halogens is 1. The lowest BCUT2D eigenvalue weighted by molar-refractivity contribution is -0.142. The van der Waals surface area contributed by atoms with E-state index >= 15 is 0 Å². The van der Waals surface area contributed by atoms with E-state index in [1.165, 1.54) is 0 Å². The molecule has 0 spiro atoms. The normalized spacial score (nSPS) is 20.4. The number of hydrogen-bond donors (Lipinski definition) is 2. The van der Waals surface area contributed by atoms with Gasteiger partial charge in [-0.05, 0) is 35.4 Å². The summed E-state index contributed by atoms with van der Waals surface area (Å²) >= 11 is 5.99. The van der Waals surface area contributed by atoms with Gasteiger partial charge in [0.05, 0.1) is 0 Å². The van der Waals surface area contributed by atoms with E-state index in [4.69, 9.17) is 11.6 Å². The Morgan fingerprint density at radius 3 is 2.50 bits per heavy atom. The Morgan fingerprint density at radius 1 is 1.10 bits per heavy atom. The largest absolute Gasteiger partial charge is 0.479 e. The van der Waals surface area contributed by atoms with Crippen LogP contribution < -0.4 is 5.32 Å². The van der Waals surface area contributed by atoms with Crippen LogP contribution in [-0.2, 0) is 17.6 Å². The molecular weight excluding hydrogens is 274 g/mol. The topological polar surface area (TPSA) is 49.3 Å². The number of nitrogens with one attached hydrogen (secondary N) is 1. The number of fused-ring (bicyclic) bond motifs is 1. The molecule has 3 rings (SSSR count). The molecule has 0 amide bonds. The van der Waals surface area contributed by atoms with Crippen LogP contribution in [0.1, 0.15) is 11.1 Å². The lowest BCUT2D eigenvalue weighted by Gasteiger charge is -2.26. The van der Waals surface area contributed by atoms with Crippen LogP contribution in [0, 0.1) is 0 Å². The number of anilines is 1. The van der Waals surface area contributed by atoms with Gasteiger partial charge in [0.1, 0.15) is 5.54 Å². The number of carboxylic acids is 1. The Morgan fingerprint density at radius 2 is 1.80 bits per heavy atom. The zero-order chi connectivity index (χ0) is 14.2. The van der Waals surface area contributed by atoms with Crippen molar-refractivity contribution in [2.45, 2.75) is 18.4 Å². The SMILES string of the molecule is O=C(O)C1(Nc2ccccc2)Cc2ccc(Cl)cc2C1. The molecule has 0 saturated carbocycles. The third-order valence-corrected chi connectivity index (χ3v) is 3.95. The quantitative estimate of drug-likeness (QED) is 0.910. The minimum atomic E-state index is -0.992. The number of carbonyl (C=O) groups is 1. The summed E-state index contributed by atoms with van der Waals surface area (Å²) in [6, 6.07) is 15.0. The minimum Gasteiger partial charge on any atom is -0.479 e. The van der Waals surface area contributed by atoms with Crippen LogP contribution in [0.25, 0.3) is 0 Å². The van der Waals surface area contributed by atoms with Gasteiger partial charge in [0.2, 0.25) is 0 Å². The number of aliphatic carboxylic acids is 1. The fourth-order valence-electron chi connectivity index (χ4n) is 2.74. The fourth-order valence-corrected chi connectivity index (χ4v) is 2.93. The zero-order valence-corrected chi connectivity index (χ0v) is 11.5. The molecule has 4 heteroatoms. The van der Waals surface area contributed by atoms with Gasteiger partial charge in [-0.15, -0.1) is 0 Å². The highest BCUT2D eigenvalue weighted by Gasteiger charge is 2.44. The molecule has 1 atom stereocenters. The van der Waals surface area contributed by atoms with Crippen LogP contribution in [0.3, 0.4) is 0 Å². The van der Waals surface area contributed by atoms with Crippen molar-refractivity contribution in [3.63, 3.8) is 0 Å². The van der Waals surface area contributed by atoms with E-state index in [2.05, 4.69) is 5.32 Å². The molecule has 0 aromatic heterocycles. The summed E-state index contributed by atoms with van der Waals surface area (Å²) in [4.78, 5) is 11.8. The highest BCUT2D eigenvalue weighted by Crippen LogP contribution is 2.34.